The van der Waals surface area contributed by atoms with Gasteiger partial charge in [-0.15, -0.1) is 0 Å². The van der Waals surface area contributed by atoms with Gasteiger partial charge in [0.2, 0.25) is 5.78 Å². The Morgan fingerprint density at radius 3 is 2.86 bits per heavy atom. The topological polar surface area (TPSA) is 72.9 Å². The van der Waals surface area contributed by atoms with E-state index in [0.717, 1.165) is 31.5 Å². The maximum absolute atomic E-state index is 12.9. The van der Waals surface area contributed by atoms with Crippen LogP contribution in [0.2, 0.25) is 0 Å². The first-order chi connectivity index (χ1) is 10.2. The van der Waals surface area contributed by atoms with E-state index in [0.29, 0.717) is 23.1 Å². The van der Waals surface area contributed by atoms with Gasteiger partial charge in [-0.25, -0.2) is 4.98 Å². The second kappa shape index (κ2) is 5.69. The number of aryl methyl sites for hydroxylation is 1. The summed E-state index contributed by atoms with van der Waals surface area (Å²) in [5.74, 6) is 0.264. The number of piperidine rings is 1. The maximum Gasteiger partial charge on any atom is 0.213 e. The van der Waals surface area contributed by atoms with E-state index in [4.69, 9.17) is 5.73 Å². The van der Waals surface area contributed by atoms with E-state index in [-0.39, 0.29) is 5.78 Å². The van der Waals surface area contributed by atoms with Crippen LogP contribution in [0.3, 0.4) is 0 Å². The molecule has 0 amide bonds. The van der Waals surface area contributed by atoms with Gasteiger partial charge in [0, 0.05) is 18.4 Å². The molecule has 0 atom stereocenters. The van der Waals surface area contributed by atoms with E-state index in [2.05, 4.69) is 14.9 Å². The van der Waals surface area contributed by atoms with Crippen molar-refractivity contribution in [3.8, 4) is 0 Å². The monoisotopic (exact) mass is 284 g/mol. The predicted molar refractivity (Wildman–Crippen MR) is 82.4 cm³/mol. The summed E-state index contributed by atoms with van der Waals surface area (Å²) in [5.41, 5.74) is 7.99. The minimum absolute atomic E-state index is 0.0402. The number of aromatic nitrogens is 2. The highest BCUT2D eigenvalue weighted by Crippen LogP contribution is 2.25. The molecule has 1 aliphatic heterocycles. The number of nitrogens with one attached hydrogen (secondary N) is 1. The molecule has 3 heterocycles. The fraction of sp³-hybridized carbons (Fsp3) is 0.375. The van der Waals surface area contributed by atoms with Crippen molar-refractivity contribution in [2.45, 2.75) is 25.8 Å². The molecule has 0 unspecified atom stereocenters. The summed E-state index contributed by atoms with van der Waals surface area (Å²) in [6, 6.07) is 5.99. The lowest BCUT2D eigenvalue weighted by molar-refractivity contribution is 0.102. The van der Waals surface area contributed by atoms with Crippen LogP contribution in [0.25, 0.3) is 0 Å². The van der Waals surface area contributed by atoms with Gasteiger partial charge >= 0.3 is 0 Å². The first-order valence-electron chi connectivity index (χ1n) is 7.32. The maximum atomic E-state index is 12.9. The van der Waals surface area contributed by atoms with Gasteiger partial charge in [0.15, 0.2) is 0 Å². The largest absolute Gasteiger partial charge is 0.383 e. The van der Waals surface area contributed by atoms with E-state index in [1.165, 1.54) is 0 Å². The van der Waals surface area contributed by atoms with Crippen LogP contribution in [-0.4, -0.2) is 28.4 Å². The minimum Gasteiger partial charge on any atom is -0.383 e. The number of nitrogens with zero attached hydrogens (tertiary/aromatic N) is 2. The zero-order valence-electron chi connectivity index (χ0n) is 12.2. The molecule has 1 fully saturated rings. The average molecular weight is 284 g/mol. The van der Waals surface area contributed by atoms with Crippen molar-refractivity contribution in [3.05, 3.63) is 47.4 Å². The summed E-state index contributed by atoms with van der Waals surface area (Å²) < 4.78 is 2.09. The number of nitrogens with two attached hydrogens (primary N) is 1. The van der Waals surface area contributed by atoms with Gasteiger partial charge in [-0.1, -0.05) is 0 Å². The molecule has 21 heavy (non-hydrogen) atoms. The van der Waals surface area contributed by atoms with Crippen LogP contribution in [-0.2, 0) is 0 Å². The van der Waals surface area contributed by atoms with Crippen LogP contribution in [0.5, 0.6) is 0 Å². The number of nitrogen functional groups attached to an aromatic ring is 1. The highest BCUT2D eigenvalue weighted by molar-refractivity contribution is 6.11. The molecule has 1 aliphatic rings. The van der Waals surface area contributed by atoms with Crippen molar-refractivity contribution in [1.82, 2.24) is 14.9 Å². The Kier molecular flexibility index (Phi) is 3.75. The van der Waals surface area contributed by atoms with E-state index in [9.17, 15) is 4.79 Å². The lowest BCUT2D eigenvalue weighted by atomic mass is 10.0. The molecule has 5 nitrogen and oxygen atoms in total. The molecule has 0 radical (unpaired) electrons. The van der Waals surface area contributed by atoms with Gasteiger partial charge in [0.05, 0.1) is 11.3 Å². The Bertz CT molecular complexity index is 636. The first kappa shape index (κ1) is 13.8. The van der Waals surface area contributed by atoms with Gasteiger partial charge in [0.25, 0.3) is 0 Å². The van der Waals surface area contributed by atoms with Crippen LogP contribution < -0.4 is 11.1 Å². The van der Waals surface area contributed by atoms with Crippen molar-refractivity contribution in [2.75, 3.05) is 18.8 Å². The van der Waals surface area contributed by atoms with E-state index in [1.807, 2.05) is 31.3 Å². The van der Waals surface area contributed by atoms with Gasteiger partial charge < -0.3 is 15.6 Å². The quantitative estimate of drug-likeness (QED) is 0.845. The summed E-state index contributed by atoms with van der Waals surface area (Å²) in [6.45, 7) is 3.87. The molecule has 5 heteroatoms. The standard InChI is InChI=1S/C16H20N4O/c1-11-4-9-19-16(17)14(11)15(21)13-3-2-10-20(13)12-5-7-18-8-6-12/h2-4,9-10,12,18H,5-8H2,1H3,(H2,17,19). The van der Waals surface area contributed by atoms with Gasteiger partial charge in [-0.3, -0.25) is 4.79 Å². The molecule has 110 valence electrons. The van der Waals surface area contributed by atoms with Crippen molar-refractivity contribution >= 4 is 11.6 Å². The molecule has 2 aromatic heterocycles. The normalized spacial score (nSPS) is 16.0. The fourth-order valence-corrected chi connectivity index (χ4v) is 2.99. The number of hydrogen-bond acceptors (Lipinski definition) is 4. The Labute approximate surface area is 124 Å². The molecule has 0 aromatic carbocycles. The number of carbonyl (C=O) groups is 1. The summed E-state index contributed by atoms with van der Waals surface area (Å²) in [7, 11) is 0. The number of ketones is 1. The zero-order valence-corrected chi connectivity index (χ0v) is 12.2. The summed E-state index contributed by atoms with van der Waals surface area (Å²) in [4.78, 5) is 16.9. The molecule has 0 aliphatic carbocycles. The van der Waals surface area contributed by atoms with Crippen LogP contribution in [0.4, 0.5) is 5.82 Å². The van der Waals surface area contributed by atoms with Crippen LogP contribution in [0.1, 0.15) is 40.5 Å². The number of rotatable bonds is 3. The Morgan fingerprint density at radius 2 is 2.14 bits per heavy atom. The Balaban J connectivity index is 1.97. The lowest BCUT2D eigenvalue weighted by Crippen LogP contribution is -2.30. The predicted octanol–water partition coefficient (Wildman–Crippen LogP) is 1.93. The smallest absolute Gasteiger partial charge is 0.213 e. The number of carbonyl (C=O) groups excluding carboxylic acids is 1. The first-order valence-corrected chi connectivity index (χ1v) is 7.32. The highest BCUT2D eigenvalue weighted by atomic mass is 16.1. The van der Waals surface area contributed by atoms with Gasteiger partial charge in [0.1, 0.15) is 5.82 Å². The Morgan fingerprint density at radius 1 is 1.38 bits per heavy atom. The highest BCUT2D eigenvalue weighted by Gasteiger charge is 2.23. The Hall–Kier alpha value is -2.14. The molecule has 3 rings (SSSR count). The van der Waals surface area contributed by atoms with Crippen molar-refractivity contribution < 1.29 is 4.79 Å². The molecule has 0 bridgehead atoms. The second-order valence-corrected chi connectivity index (χ2v) is 5.50. The van der Waals surface area contributed by atoms with Crippen LogP contribution >= 0.6 is 0 Å². The second-order valence-electron chi connectivity index (χ2n) is 5.50. The van der Waals surface area contributed by atoms with E-state index < -0.39 is 0 Å². The van der Waals surface area contributed by atoms with Gasteiger partial charge in [-0.05, 0) is 56.6 Å². The SMILES string of the molecule is Cc1ccnc(N)c1C(=O)c1cccn1C1CCNCC1. The van der Waals surface area contributed by atoms with Crippen molar-refractivity contribution in [2.24, 2.45) is 0 Å². The number of hydrogen-bond donors (Lipinski definition) is 2. The lowest BCUT2D eigenvalue weighted by Gasteiger charge is -2.26. The summed E-state index contributed by atoms with van der Waals surface area (Å²) in [5, 5.41) is 3.35. The molecule has 3 N–H and O–H groups in total. The average Bonchev–Trinajstić information content (AvgIpc) is 2.97. The van der Waals surface area contributed by atoms with Crippen LogP contribution in [0.15, 0.2) is 30.6 Å². The van der Waals surface area contributed by atoms with Crippen molar-refractivity contribution in [3.63, 3.8) is 0 Å². The molecule has 2 aromatic rings. The number of pyridine rings is 1. The van der Waals surface area contributed by atoms with Crippen LogP contribution in [0, 0.1) is 6.92 Å². The zero-order chi connectivity index (χ0) is 14.8. The summed E-state index contributed by atoms with van der Waals surface area (Å²) in [6.07, 6.45) is 5.70. The number of anilines is 1. The molecular formula is C16H20N4O. The molecule has 0 saturated carbocycles. The molecular weight excluding hydrogens is 264 g/mol. The summed E-state index contributed by atoms with van der Waals surface area (Å²) >= 11 is 0. The molecule has 1 saturated heterocycles. The fourth-order valence-electron chi connectivity index (χ4n) is 2.99. The van der Waals surface area contributed by atoms with Crippen molar-refractivity contribution in [1.29, 1.82) is 0 Å². The third-order valence-corrected chi connectivity index (χ3v) is 4.13. The van der Waals surface area contributed by atoms with E-state index >= 15 is 0 Å². The van der Waals surface area contributed by atoms with Gasteiger partial charge in [-0.2, -0.15) is 0 Å². The molecule has 0 spiro atoms. The third kappa shape index (κ3) is 2.56. The van der Waals surface area contributed by atoms with E-state index in [1.54, 1.807) is 6.20 Å². The third-order valence-electron chi connectivity index (χ3n) is 4.13. The minimum atomic E-state index is -0.0402.